The number of benzene rings is 2. The number of aryl methyl sites for hydroxylation is 1. The number of ether oxygens (including phenoxy) is 3. The van der Waals surface area contributed by atoms with Crippen LogP contribution in [0.2, 0.25) is 0 Å². The standard InChI is InChI=1S/C29H36N4O6/c1-6-39-28(35)24-22(18-32-14-16-33(17-15-32)27(34)20-12-10-19(2)11-13-20)31(3)29(36)30-25(24)21-8-7-9-23(37-4)26(21)38-5/h7-13,25H,6,14-18H2,1-5H3,(H,30,36). The zero-order valence-corrected chi connectivity index (χ0v) is 23.2. The molecule has 1 saturated heterocycles. The van der Waals surface area contributed by atoms with Crippen LogP contribution < -0.4 is 14.8 Å². The van der Waals surface area contributed by atoms with Crippen molar-refractivity contribution in [3.63, 3.8) is 0 Å². The largest absolute Gasteiger partial charge is 0.493 e. The second-order valence-corrected chi connectivity index (χ2v) is 9.54. The maximum absolute atomic E-state index is 13.4. The van der Waals surface area contributed by atoms with E-state index in [-0.39, 0.29) is 18.5 Å². The highest BCUT2D eigenvalue weighted by atomic mass is 16.5. The van der Waals surface area contributed by atoms with Crippen LogP contribution in [0.3, 0.4) is 0 Å². The van der Waals surface area contributed by atoms with Gasteiger partial charge < -0.3 is 24.4 Å². The summed E-state index contributed by atoms with van der Waals surface area (Å²) in [7, 11) is 4.69. The molecular formula is C29H36N4O6. The molecule has 2 aliphatic heterocycles. The maximum atomic E-state index is 13.4. The Hall–Kier alpha value is -4.05. The summed E-state index contributed by atoms with van der Waals surface area (Å²) in [5.74, 6) is 0.407. The van der Waals surface area contributed by atoms with Gasteiger partial charge >= 0.3 is 12.0 Å². The molecule has 0 aliphatic carbocycles. The zero-order valence-electron chi connectivity index (χ0n) is 23.2. The lowest BCUT2D eigenvalue weighted by Gasteiger charge is -2.39. The number of piperazine rings is 1. The molecule has 2 aromatic carbocycles. The van der Waals surface area contributed by atoms with Crippen molar-refractivity contribution in [3.8, 4) is 11.5 Å². The number of urea groups is 1. The molecule has 1 N–H and O–H groups in total. The predicted octanol–water partition coefficient (Wildman–Crippen LogP) is 2.98. The van der Waals surface area contributed by atoms with Crippen LogP contribution in [0.4, 0.5) is 4.79 Å². The SMILES string of the molecule is CCOC(=O)C1=C(CN2CCN(C(=O)c3ccc(C)cc3)CC2)N(C)C(=O)NC1c1cccc(OC)c1OC. The summed E-state index contributed by atoms with van der Waals surface area (Å²) < 4.78 is 16.5. The summed E-state index contributed by atoms with van der Waals surface area (Å²) in [6.07, 6.45) is 0. The Morgan fingerprint density at radius 3 is 2.31 bits per heavy atom. The first-order chi connectivity index (χ1) is 18.8. The minimum atomic E-state index is -0.794. The number of hydrogen-bond acceptors (Lipinski definition) is 7. The lowest BCUT2D eigenvalue weighted by atomic mass is 9.93. The van der Waals surface area contributed by atoms with Crippen LogP contribution >= 0.6 is 0 Å². The third-order valence-corrected chi connectivity index (χ3v) is 7.15. The van der Waals surface area contributed by atoms with Gasteiger partial charge in [0.2, 0.25) is 0 Å². The first-order valence-electron chi connectivity index (χ1n) is 13.0. The van der Waals surface area contributed by atoms with E-state index in [4.69, 9.17) is 14.2 Å². The van der Waals surface area contributed by atoms with Crippen molar-refractivity contribution < 1.29 is 28.6 Å². The van der Waals surface area contributed by atoms with Crippen molar-refractivity contribution in [1.29, 1.82) is 0 Å². The van der Waals surface area contributed by atoms with Crippen LogP contribution in [0.1, 0.15) is 34.5 Å². The highest BCUT2D eigenvalue weighted by molar-refractivity contribution is 5.96. The highest BCUT2D eigenvalue weighted by Gasteiger charge is 2.39. The van der Waals surface area contributed by atoms with Crippen molar-refractivity contribution in [2.24, 2.45) is 0 Å². The van der Waals surface area contributed by atoms with Crippen LogP contribution in [-0.2, 0) is 9.53 Å². The Kier molecular flexibility index (Phi) is 8.75. The number of methoxy groups -OCH3 is 2. The summed E-state index contributed by atoms with van der Waals surface area (Å²) in [6.45, 7) is 6.54. The van der Waals surface area contributed by atoms with Gasteiger partial charge in [-0.25, -0.2) is 9.59 Å². The third-order valence-electron chi connectivity index (χ3n) is 7.15. The topological polar surface area (TPSA) is 101 Å². The predicted molar refractivity (Wildman–Crippen MR) is 146 cm³/mol. The molecule has 0 aromatic heterocycles. The lowest BCUT2D eigenvalue weighted by molar-refractivity contribution is -0.139. The zero-order chi connectivity index (χ0) is 28.1. The number of amides is 3. The summed E-state index contributed by atoms with van der Waals surface area (Å²) in [4.78, 5) is 44.9. The molecule has 0 saturated carbocycles. The van der Waals surface area contributed by atoms with Crippen molar-refractivity contribution in [3.05, 3.63) is 70.4 Å². The van der Waals surface area contributed by atoms with Crippen molar-refractivity contribution in [1.82, 2.24) is 20.0 Å². The smallest absolute Gasteiger partial charge is 0.338 e. The van der Waals surface area contributed by atoms with E-state index >= 15 is 0 Å². The van der Waals surface area contributed by atoms with Crippen LogP contribution in [0, 0.1) is 6.92 Å². The quantitative estimate of drug-likeness (QED) is 0.518. The van der Waals surface area contributed by atoms with Gasteiger partial charge in [-0.3, -0.25) is 14.6 Å². The van der Waals surface area contributed by atoms with E-state index in [1.54, 1.807) is 32.2 Å². The number of nitrogens with zero attached hydrogens (tertiary/aromatic N) is 3. The van der Waals surface area contributed by atoms with Crippen molar-refractivity contribution in [2.45, 2.75) is 19.9 Å². The number of carbonyl (C=O) groups excluding carboxylic acids is 3. The van der Waals surface area contributed by atoms with E-state index in [2.05, 4.69) is 10.2 Å². The molecule has 2 heterocycles. The molecule has 3 amide bonds. The van der Waals surface area contributed by atoms with E-state index in [1.165, 1.54) is 19.1 Å². The monoisotopic (exact) mass is 536 g/mol. The van der Waals surface area contributed by atoms with Gasteiger partial charge in [-0.05, 0) is 32.0 Å². The summed E-state index contributed by atoms with van der Waals surface area (Å²) in [5.41, 5.74) is 3.24. The fourth-order valence-corrected chi connectivity index (χ4v) is 4.97. The van der Waals surface area contributed by atoms with E-state index in [1.807, 2.05) is 36.1 Å². The Balaban J connectivity index is 1.62. The summed E-state index contributed by atoms with van der Waals surface area (Å²) in [6, 6.07) is 11.8. The first kappa shape index (κ1) is 28.0. The van der Waals surface area contributed by atoms with E-state index in [0.717, 1.165) is 5.56 Å². The van der Waals surface area contributed by atoms with Crippen LogP contribution in [0.15, 0.2) is 53.7 Å². The second kappa shape index (κ2) is 12.2. The van der Waals surface area contributed by atoms with Gasteiger partial charge in [-0.1, -0.05) is 29.8 Å². The molecule has 39 heavy (non-hydrogen) atoms. The maximum Gasteiger partial charge on any atom is 0.338 e. The minimum Gasteiger partial charge on any atom is -0.493 e. The number of likely N-dealkylation sites (N-methyl/N-ethyl adjacent to an activating group) is 1. The fourth-order valence-electron chi connectivity index (χ4n) is 4.97. The molecule has 2 aliphatic rings. The second-order valence-electron chi connectivity index (χ2n) is 9.54. The van der Waals surface area contributed by atoms with Gasteiger partial charge in [0.25, 0.3) is 5.91 Å². The number of rotatable bonds is 8. The summed E-state index contributed by atoms with van der Waals surface area (Å²) >= 11 is 0. The first-order valence-corrected chi connectivity index (χ1v) is 13.0. The Labute approximate surface area is 229 Å². The van der Waals surface area contributed by atoms with Gasteiger partial charge in [0.15, 0.2) is 11.5 Å². The molecule has 4 rings (SSSR count). The van der Waals surface area contributed by atoms with Crippen molar-refractivity contribution >= 4 is 17.9 Å². The number of carbonyl (C=O) groups is 3. The molecule has 2 aromatic rings. The van der Waals surface area contributed by atoms with Gasteiger partial charge in [0, 0.05) is 56.6 Å². The van der Waals surface area contributed by atoms with E-state index in [0.29, 0.717) is 66.6 Å². The number of hydrogen-bond donors (Lipinski definition) is 1. The molecule has 1 fully saturated rings. The molecule has 208 valence electrons. The average molecular weight is 537 g/mol. The Morgan fingerprint density at radius 1 is 1.00 bits per heavy atom. The van der Waals surface area contributed by atoms with Crippen LogP contribution in [0.25, 0.3) is 0 Å². The molecule has 0 spiro atoms. The Morgan fingerprint density at radius 2 is 1.69 bits per heavy atom. The van der Waals surface area contributed by atoms with Gasteiger partial charge in [0.05, 0.1) is 32.4 Å². The molecular weight excluding hydrogens is 500 g/mol. The third kappa shape index (κ3) is 5.85. The summed E-state index contributed by atoms with van der Waals surface area (Å²) in [5, 5.41) is 2.93. The number of esters is 1. The van der Waals surface area contributed by atoms with Crippen LogP contribution in [-0.4, -0.2) is 93.2 Å². The number of para-hydroxylation sites is 1. The normalized spacial score (nSPS) is 18.1. The minimum absolute atomic E-state index is 0.000393. The highest BCUT2D eigenvalue weighted by Crippen LogP contribution is 2.40. The molecule has 10 heteroatoms. The van der Waals surface area contributed by atoms with Crippen LogP contribution in [0.5, 0.6) is 11.5 Å². The molecule has 0 radical (unpaired) electrons. The average Bonchev–Trinajstić information content (AvgIpc) is 2.95. The molecule has 10 nitrogen and oxygen atoms in total. The van der Waals surface area contributed by atoms with E-state index in [9.17, 15) is 14.4 Å². The molecule has 1 atom stereocenters. The number of nitrogens with one attached hydrogen (secondary N) is 1. The van der Waals surface area contributed by atoms with Crippen molar-refractivity contribution in [2.75, 3.05) is 60.6 Å². The fraction of sp³-hybridized carbons (Fsp3) is 0.414. The lowest BCUT2D eigenvalue weighted by Crippen LogP contribution is -2.53. The van der Waals surface area contributed by atoms with Gasteiger partial charge in [0.1, 0.15) is 0 Å². The Bertz CT molecular complexity index is 1250. The molecule has 0 bridgehead atoms. The molecule has 1 unspecified atom stereocenters. The van der Waals surface area contributed by atoms with Gasteiger partial charge in [-0.15, -0.1) is 0 Å². The van der Waals surface area contributed by atoms with E-state index < -0.39 is 12.0 Å². The van der Waals surface area contributed by atoms with Gasteiger partial charge in [-0.2, -0.15) is 0 Å².